The third kappa shape index (κ3) is 2.14. The van der Waals surface area contributed by atoms with E-state index < -0.39 is 0 Å². The molecule has 0 aliphatic carbocycles. The number of rotatable bonds is 3. The van der Waals surface area contributed by atoms with Gasteiger partial charge in [0.15, 0.2) is 6.29 Å². The van der Waals surface area contributed by atoms with Crippen molar-refractivity contribution < 1.29 is 9.32 Å². The highest BCUT2D eigenvalue weighted by Gasteiger charge is 2.14. The van der Waals surface area contributed by atoms with Gasteiger partial charge in [0, 0.05) is 19.7 Å². The first-order valence-corrected chi connectivity index (χ1v) is 5.26. The first-order chi connectivity index (χ1) is 8.13. The van der Waals surface area contributed by atoms with E-state index >= 15 is 0 Å². The normalized spacial score (nSPS) is 10.3. The molecule has 1 aromatic heterocycles. The van der Waals surface area contributed by atoms with Crippen LogP contribution >= 0.6 is 11.6 Å². The number of aromatic nitrogens is 2. The topological polar surface area (TPSA) is 59.2 Å². The lowest BCUT2D eigenvalue weighted by atomic mass is 10.1. The largest absolute Gasteiger partial charge is 0.344 e. The van der Waals surface area contributed by atoms with Crippen LogP contribution in [0, 0.1) is 0 Å². The minimum absolute atomic E-state index is 0.294. The third-order valence-electron chi connectivity index (χ3n) is 2.20. The van der Waals surface area contributed by atoms with Crippen LogP contribution in [-0.4, -0.2) is 30.5 Å². The van der Waals surface area contributed by atoms with Gasteiger partial charge in [-0.05, 0) is 11.2 Å². The van der Waals surface area contributed by atoms with Crippen molar-refractivity contribution in [2.24, 2.45) is 0 Å². The fourth-order valence-electron chi connectivity index (χ4n) is 1.31. The van der Waals surface area contributed by atoms with Crippen molar-refractivity contribution in [2.45, 2.75) is 0 Å². The first kappa shape index (κ1) is 11.6. The minimum Gasteiger partial charge on any atom is -0.344 e. The van der Waals surface area contributed by atoms with Crippen LogP contribution in [0.15, 0.2) is 22.7 Å². The average Bonchev–Trinajstić information content (AvgIpc) is 2.78. The van der Waals surface area contributed by atoms with Gasteiger partial charge in [0.2, 0.25) is 0 Å². The second-order valence-corrected chi connectivity index (χ2v) is 4.00. The van der Waals surface area contributed by atoms with Gasteiger partial charge in [-0.25, -0.2) is 0 Å². The van der Waals surface area contributed by atoms with E-state index in [9.17, 15) is 4.79 Å². The Morgan fingerprint density at radius 3 is 2.76 bits per heavy atom. The lowest BCUT2D eigenvalue weighted by Crippen LogP contribution is -2.10. The van der Waals surface area contributed by atoms with Crippen LogP contribution in [-0.2, 0) is 0 Å². The molecule has 17 heavy (non-hydrogen) atoms. The monoisotopic (exact) mass is 251 g/mol. The highest BCUT2D eigenvalue weighted by Crippen LogP contribution is 2.29. The molecule has 0 spiro atoms. The number of carbonyl (C=O) groups excluding carboxylic acids is 1. The Balaban J connectivity index is 2.49. The van der Waals surface area contributed by atoms with Gasteiger partial charge in [-0.15, -0.1) is 0 Å². The van der Waals surface area contributed by atoms with Gasteiger partial charge >= 0.3 is 0 Å². The fourth-order valence-corrected chi connectivity index (χ4v) is 1.56. The molecule has 1 aromatic carbocycles. The summed E-state index contributed by atoms with van der Waals surface area (Å²) in [7, 11) is 3.61. The van der Waals surface area contributed by atoms with Gasteiger partial charge in [0.1, 0.15) is 0 Å². The van der Waals surface area contributed by atoms with Crippen LogP contribution in [0.25, 0.3) is 11.5 Å². The molecule has 6 heteroatoms. The van der Waals surface area contributed by atoms with Crippen LogP contribution in [0.2, 0.25) is 5.02 Å². The maximum absolute atomic E-state index is 10.8. The summed E-state index contributed by atoms with van der Waals surface area (Å²) in [5.41, 5.74) is 0.950. The molecule has 0 bridgehead atoms. The number of benzene rings is 1. The zero-order chi connectivity index (χ0) is 12.4. The van der Waals surface area contributed by atoms with Crippen LogP contribution in [0.3, 0.4) is 0 Å². The quantitative estimate of drug-likeness (QED) is 0.783. The lowest BCUT2D eigenvalue weighted by Gasteiger charge is -2.03. The molecule has 0 unspecified atom stereocenters. The number of anilines is 1. The Labute approximate surface area is 103 Å². The average molecular weight is 252 g/mol. The molecule has 0 fully saturated rings. The van der Waals surface area contributed by atoms with E-state index in [4.69, 9.17) is 16.1 Å². The highest BCUT2D eigenvalue weighted by molar-refractivity contribution is 6.35. The molecule has 0 atom stereocenters. The van der Waals surface area contributed by atoms with Crippen LogP contribution in [0.1, 0.15) is 10.4 Å². The zero-order valence-corrected chi connectivity index (χ0v) is 10.1. The molecular formula is C11H10ClN3O2. The van der Waals surface area contributed by atoms with Crippen molar-refractivity contribution >= 4 is 23.8 Å². The second kappa shape index (κ2) is 4.55. The maximum atomic E-state index is 10.8. The molecule has 0 aliphatic rings. The van der Waals surface area contributed by atoms with Crippen molar-refractivity contribution in [1.82, 2.24) is 10.1 Å². The number of nitrogens with zero attached hydrogens (tertiary/aromatic N) is 3. The first-order valence-electron chi connectivity index (χ1n) is 4.88. The molecule has 0 aliphatic heterocycles. The van der Waals surface area contributed by atoms with Crippen LogP contribution in [0.4, 0.5) is 5.95 Å². The molecule has 0 radical (unpaired) electrons. The van der Waals surface area contributed by atoms with E-state index in [1.165, 1.54) is 0 Å². The van der Waals surface area contributed by atoms with Crippen molar-refractivity contribution in [1.29, 1.82) is 0 Å². The number of carbonyl (C=O) groups is 1. The fraction of sp³-hybridized carbons (Fsp3) is 0.182. The Kier molecular flexibility index (Phi) is 3.10. The summed E-state index contributed by atoms with van der Waals surface area (Å²) in [4.78, 5) is 16.6. The van der Waals surface area contributed by atoms with Crippen molar-refractivity contribution in [2.75, 3.05) is 19.0 Å². The van der Waals surface area contributed by atoms with E-state index in [-0.39, 0.29) is 0 Å². The summed E-state index contributed by atoms with van der Waals surface area (Å²) in [6.45, 7) is 0. The molecular weight excluding hydrogens is 242 g/mol. The highest BCUT2D eigenvalue weighted by atomic mass is 35.5. The van der Waals surface area contributed by atoms with E-state index in [1.54, 1.807) is 37.2 Å². The van der Waals surface area contributed by atoms with Crippen LogP contribution < -0.4 is 4.90 Å². The summed E-state index contributed by atoms with van der Waals surface area (Å²) in [5.74, 6) is 0.745. The molecule has 5 nitrogen and oxygen atoms in total. The van der Waals surface area contributed by atoms with Crippen molar-refractivity contribution in [3.8, 4) is 11.5 Å². The Morgan fingerprint density at radius 2 is 2.18 bits per heavy atom. The molecule has 1 heterocycles. The molecule has 2 aromatic rings. The van der Waals surface area contributed by atoms with Gasteiger partial charge in [-0.1, -0.05) is 23.7 Å². The number of halogens is 1. The smallest absolute Gasteiger partial charge is 0.265 e. The zero-order valence-electron chi connectivity index (χ0n) is 9.35. The maximum Gasteiger partial charge on any atom is 0.265 e. The van der Waals surface area contributed by atoms with Gasteiger partial charge in [-0.2, -0.15) is 4.98 Å². The van der Waals surface area contributed by atoms with Crippen molar-refractivity contribution in [3.63, 3.8) is 0 Å². The molecule has 0 N–H and O–H groups in total. The Bertz CT molecular complexity index is 551. The van der Waals surface area contributed by atoms with Gasteiger partial charge in [0.25, 0.3) is 11.8 Å². The number of hydrogen-bond donors (Lipinski definition) is 0. The number of aldehydes is 1. The predicted molar refractivity (Wildman–Crippen MR) is 64.5 cm³/mol. The van der Waals surface area contributed by atoms with E-state index in [2.05, 4.69) is 10.1 Å². The van der Waals surface area contributed by atoms with Gasteiger partial charge in [-0.3, -0.25) is 4.79 Å². The Morgan fingerprint density at radius 1 is 1.41 bits per heavy atom. The predicted octanol–water partition coefficient (Wildman–Crippen LogP) is 2.27. The standard InChI is InChI=1S/C11H10ClN3O2/c1-15(2)11-13-10(17-14-11)8-5-3-4-7(6-16)9(8)12/h3-6H,1-2H3. The van der Waals surface area contributed by atoms with Gasteiger partial charge in [0.05, 0.1) is 10.6 Å². The third-order valence-corrected chi connectivity index (χ3v) is 2.62. The SMILES string of the molecule is CN(C)c1noc(-c2cccc(C=O)c2Cl)n1. The minimum atomic E-state index is 0.294. The van der Waals surface area contributed by atoms with E-state index in [0.29, 0.717) is 34.3 Å². The Hall–Kier alpha value is -1.88. The second-order valence-electron chi connectivity index (χ2n) is 3.62. The molecule has 88 valence electrons. The molecule has 0 saturated carbocycles. The van der Waals surface area contributed by atoms with E-state index in [0.717, 1.165) is 0 Å². The molecule has 0 amide bonds. The van der Waals surface area contributed by atoms with E-state index in [1.807, 2.05) is 0 Å². The number of hydrogen-bond acceptors (Lipinski definition) is 5. The lowest BCUT2D eigenvalue weighted by molar-refractivity contribution is 0.112. The molecule has 2 rings (SSSR count). The summed E-state index contributed by atoms with van der Waals surface area (Å²) in [5, 5.41) is 4.10. The van der Waals surface area contributed by atoms with Gasteiger partial charge < -0.3 is 9.42 Å². The summed E-state index contributed by atoms with van der Waals surface area (Å²) in [6, 6.07) is 5.06. The summed E-state index contributed by atoms with van der Waals surface area (Å²) >= 11 is 6.06. The van der Waals surface area contributed by atoms with Crippen molar-refractivity contribution in [3.05, 3.63) is 28.8 Å². The molecule has 0 saturated heterocycles. The van der Waals surface area contributed by atoms with Crippen LogP contribution in [0.5, 0.6) is 0 Å². The summed E-state index contributed by atoms with van der Waals surface area (Å²) < 4.78 is 5.09. The summed E-state index contributed by atoms with van der Waals surface area (Å²) in [6.07, 6.45) is 0.690.